The highest BCUT2D eigenvalue weighted by molar-refractivity contribution is 5.25. The first kappa shape index (κ1) is 18.1. The summed E-state index contributed by atoms with van der Waals surface area (Å²) >= 11 is 0. The Hall–Kier alpha value is -1.00. The minimum absolute atomic E-state index is 0.0688. The van der Waals surface area contributed by atoms with E-state index in [0.717, 1.165) is 6.42 Å². The van der Waals surface area contributed by atoms with Crippen molar-refractivity contribution < 1.29 is 13.5 Å². The zero-order chi connectivity index (χ0) is 16.0. The van der Waals surface area contributed by atoms with Crippen LogP contribution in [0.1, 0.15) is 52.6 Å². The van der Waals surface area contributed by atoms with Crippen LogP contribution in [0.2, 0.25) is 0 Å². The topological polar surface area (TPSA) is 21.3 Å². The van der Waals surface area contributed by atoms with E-state index in [-0.39, 0.29) is 17.1 Å². The van der Waals surface area contributed by atoms with Gasteiger partial charge in [-0.25, -0.2) is 8.78 Å². The Morgan fingerprint density at radius 3 is 2.14 bits per heavy atom. The van der Waals surface area contributed by atoms with Crippen molar-refractivity contribution >= 4 is 0 Å². The molecule has 120 valence electrons. The van der Waals surface area contributed by atoms with Crippen molar-refractivity contribution in [2.45, 2.75) is 53.2 Å². The summed E-state index contributed by atoms with van der Waals surface area (Å²) < 4.78 is 34.2. The molecule has 0 saturated carbocycles. The average molecular weight is 299 g/mol. The van der Waals surface area contributed by atoms with E-state index < -0.39 is 17.7 Å². The van der Waals surface area contributed by atoms with E-state index in [9.17, 15) is 8.78 Å². The summed E-state index contributed by atoms with van der Waals surface area (Å²) in [6, 6.07) is 3.47. The van der Waals surface area contributed by atoms with Gasteiger partial charge in [-0.05, 0) is 37.4 Å². The van der Waals surface area contributed by atoms with Crippen molar-refractivity contribution in [1.29, 1.82) is 0 Å². The first-order valence-corrected chi connectivity index (χ1v) is 7.61. The van der Waals surface area contributed by atoms with Gasteiger partial charge in [-0.1, -0.05) is 33.8 Å². The Labute approximate surface area is 126 Å². The Morgan fingerprint density at radius 1 is 1.14 bits per heavy atom. The first-order chi connectivity index (χ1) is 9.82. The summed E-state index contributed by atoms with van der Waals surface area (Å²) in [5.74, 6) is -1.06. The minimum atomic E-state index is -0.530. The molecule has 2 atom stereocenters. The van der Waals surface area contributed by atoms with Gasteiger partial charge in [0.1, 0.15) is 11.6 Å². The number of halogens is 2. The van der Waals surface area contributed by atoms with E-state index in [2.05, 4.69) is 5.32 Å². The Bertz CT molecular complexity index is 423. The maximum absolute atomic E-state index is 14.2. The van der Waals surface area contributed by atoms with Gasteiger partial charge in [0.05, 0.1) is 12.1 Å². The van der Waals surface area contributed by atoms with Crippen molar-refractivity contribution in [3.05, 3.63) is 35.4 Å². The van der Waals surface area contributed by atoms with Crippen LogP contribution in [0.3, 0.4) is 0 Å². The molecule has 4 heteroatoms. The molecular weight excluding hydrogens is 272 g/mol. The maximum atomic E-state index is 14.2. The first-order valence-electron chi connectivity index (χ1n) is 7.61. The zero-order valence-corrected chi connectivity index (χ0v) is 13.7. The van der Waals surface area contributed by atoms with Crippen LogP contribution in [0.25, 0.3) is 0 Å². The van der Waals surface area contributed by atoms with Crippen molar-refractivity contribution in [1.82, 2.24) is 5.32 Å². The normalized spacial score (nSPS) is 15.0. The number of ether oxygens (including phenoxy) is 1. The van der Waals surface area contributed by atoms with Crippen LogP contribution in [0, 0.1) is 17.0 Å². The van der Waals surface area contributed by atoms with E-state index in [1.54, 1.807) is 0 Å². The fourth-order valence-electron chi connectivity index (χ4n) is 2.49. The highest BCUT2D eigenvalue weighted by Gasteiger charge is 2.36. The second-order valence-electron chi connectivity index (χ2n) is 6.31. The van der Waals surface area contributed by atoms with Crippen LogP contribution in [0.4, 0.5) is 8.78 Å². The number of hydrogen-bond donors (Lipinski definition) is 1. The standard InChI is InChI=1S/C17H27F2NO/c1-6-11-20-15(16(21-7-2)17(3,4)5)14-12(18)9-8-10-13(14)19/h8-10,15-16,20H,6-7,11H2,1-5H3. The highest BCUT2D eigenvalue weighted by Crippen LogP contribution is 2.35. The quantitative estimate of drug-likeness (QED) is 0.803. The molecule has 2 unspecified atom stereocenters. The van der Waals surface area contributed by atoms with Crippen LogP contribution in [-0.4, -0.2) is 19.3 Å². The number of benzene rings is 1. The van der Waals surface area contributed by atoms with E-state index in [0.29, 0.717) is 13.2 Å². The molecule has 1 aromatic carbocycles. The average Bonchev–Trinajstić information content (AvgIpc) is 2.38. The number of rotatable bonds is 7. The van der Waals surface area contributed by atoms with Crippen molar-refractivity contribution in [2.24, 2.45) is 5.41 Å². The van der Waals surface area contributed by atoms with Gasteiger partial charge in [-0.3, -0.25) is 0 Å². The molecule has 2 nitrogen and oxygen atoms in total. The van der Waals surface area contributed by atoms with Crippen molar-refractivity contribution in [2.75, 3.05) is 13.2 Å². The predicted octanol–water partition coefficient (Wildman–Crippen LogP) is 4.46. The summed E-state index contributed by atoms with van der Waals surface area (Å²) in [4.78, 5) is 0. The molecule has 0 aliphatic heterocycles. The van der Waals surface area contributed by atoms with Gasteiger partial charge in [-0.2, -0.15) is 0 Å². The van der Waals surface area contributed by atoms with E-state index >= 15 is 0 Å². The Kier molecular flexibility index (Phi) is 6.75. The fourth-order valence-corrected chi connectivity index (χ4v) is 2.49. The van der Waals surface area contributed by atoms with Crippen LogP contribution < -0.4 is 5.32 Å². The molecule has 0 spiro atoms. The van der Waals surface area contributed by atoms with Gasteiger partial charge < -0.3 is 10.1 Å². The SMILES string of the molecule is CCCNC(c1c(F)cccc1F)C(OCC)C(C)(C)C. The molecule has 0 saturated heterocycles. The largest absolute Gasteiger partial charge is 0.376 e. The number of nitrogens with one attached hydrogen (secondary N) is 1. The van der Waals surface area contributed by atoms with Gasteiger partial charge in [0, 0.05) is 12.2 Å². The van der Waals surface area contributed by atoms with Gasteiger partial charge >= 0.3 is 0 Å². The van der Waals surface area contributed by atoms with Crippen LogP contribution in [-0.2, 0) is 4.74 Å². The third kappa shape index (κ3) is 4.75. The van der Waals surface area contributed by atoms with Crippen molar-refractivity contribution in [3.63, 3.8) is 0 Å². The molecule has 1 N–H and O–H groups in total. The molecule has 0 fully saturated rings. The van der Waals surface area contributed by atoms with E-state index in [1.165, 1.54) is 18.2 Å². The third-order valence-corrected chi connectivity index (χ3v) is 3.43. The molecule has 1 rings (SSSR count). The van der Waals surface area contributed by atoms with Gasteiger partial charge in [0.2, 0.25) is 0 Å². The fraction of sp³-hybridized carbons (Fsp3) is 0.647. The van der Waals surface area contributed by atoms with Crippen LogP contribution >= 0.6 is 0 Å². The van der Waals surface area contributed by atoms with Crippen LogP contribution in [0.15, 0.2) is 18.2 Å². The molecule has 21 heavy (non-hydrogen) atoms. The molecule has 1 aromatic rings. The lowest BCUT2D eigenvalue weighted by atomic mass is 9.81. The van der Waals surface area contributed by atoms with E-state index in [1.807, 2.05) is 34.6 Å². The zero-order valence-electron chi connectivity index (χ0n) is 13.7. The molecule has 0 aromatic heterocycles. The molecule has 0 aliphatic carbocycles. The molecule has 0 bridgehead atoms. The van der Waals surface area contributed by atoms with Gasteiger partial charge in [0.25, 0.3) is 0 Å². The lowest BCUT2D eigenvalue weighted by Crippen LogP contribution is -2.43. The highest BCUT2D eigenvalue weighted by atomic mass is 19.1. The lowest BCUT2D eigenvalue weighted by Gasteiger charge is -2.37. The molecule has 0 heterocycles. The third-order valence-electron chi connectivity index (χ3n) is 3.43. The molecule has 0 aliphatic rings. The lowest BCUT2D eigenvalue weighted by molar-refractivity contribution is -0.0379. The predicted molar refractivity (Wildman–Crippen MR) is 82.3 cm³/mol. The molecular formula is C17H27F2NO. The monoisotopic (exact) mass is 299 g/mol. The van der Waals surface area contributed by atoms with Gasteiger partial charge in [0.15, 0.2) is 0 Å². The van der Waals surface area contributed by atoms with E-state index in [4.69, 9.17) is 4.74 Å². The maximum Gasteiger partial charge on any atom is 0.131 e. The second kappa shape index (κ2) is 7.85. The summed E-state index contributed by atoms with van der Waals surface area (Å²) in [6.45, 7) is 11.2. The number of hydrogen-bond acceptors (Lipinski definition) is 2. The summed E-state index contributed by atoms with van der Waals surface area (Å²) in [5.41, 5.74) is -0.171. The van der Waals surface area contributed by atoms with Gasteiger partial charge in [-0.15, -0.1) is 0 Å². The smallest absolute Gasteiger partial charge is 0.131 e. The minimum Gasteiger partial charge on any atom is -0.376 e. The molecule has 0 amide bonds. The summed E-state index contributed by atoms with van der Waals surface area (Å²) in [6.07, 6.45) is 0.565. The summed E-state index contributed by atoms with van der Waals surface area (Å²) in [7, 11) is 0. The van der Waals surface area contributed by atoms with Crippen LogP contribution in [0.5, 0.6) is 0 Å². The summed E-state index contributed by atoms with van der Waals surface area (Å²) in [5, 5.41) is 3.25. The molecule has 0 radical (unpaired) electrons. The second-order valence-corrected chi connectivity index (χ2v) is 6.31. The Morgan fingerprint density at radius 2 is 1.71 bits per heavy atom. The Balaban J connectivity index is 3.26. The van der Waals surface area contributed by atoms with Crippen molar-refractivity contribution in [3.8, 4) is 0 Å².